The van der Waals surface area contributed by atoms with Crippen LogP contribution in [0.3, 0.4) is 0 Å². The maximum absolute atomic E-state index is 5.64. The topological polar surface area (TPSA) is 26.0 Å². The highest BCUT2D eigenvalue weighted by atomic mass is 35.5. The number of hydrogen-bond acceptors (Lipinski definition) is 1. The maximum Gasteiger partial charge on any atom is 0.0320 e. The number of hydrogen-bond donors (Lipinski definition) is 1. The van der Waals surface area contributed by atoms with Crippen molar-refractivity contribution in [3.63, 3.8) is 0 Å². The number of nitrogens with two attached hydrogens (primary N) is 1. The van der Waals surface area contributed by atoms with Crippen molar-refractivity contribution in [1.29, 1.82) is 0 Å². The van der Waals surface area contributed by atoms with Gasteiger partial charge in [0.1, 0.15) is 0 Å². The average Bonchev–Trinajstić information content (AvgIpc) is 1.62. The first-order valence-corrected chi connectivity index (χ1v) is 2.98. The lowest BCUT2D eigenvalue weighted by atomic mass is 9.99. The molecule has 2 heteroatoms. The van der Waals surface area contributed by atoms with Crippen LogP contribution in [0.15, 0.2) is 11.1 Å². The molecular weight excluding hydrogens is 122 g/mol. The number of rotatable bonds is 1. The van der Waals surface area contributed by atoms with Gasteiger partial charge in [-0.1, -0.05) is 11.6 Å². The second kappa shape index (κ2) is 2.51. The van der Waals surface area contributed by atoms with Crippen molar-refractivity contribution in [2.45, 2.75) is 26.3 Å². The lowest BCUT2D eigenvalue weighted by molar-refractivity contribution is 0.613. The molecule has 0 aliphatic heterocycles. The van der Waals surface area contributed by atoms with Crippen LogP contribution in [0.1, 0.15) is 20.8 Å². The van der Waals surface area contributed by atoms with Crippen LogP contribution in [0.5, 0.6) is 0 Å². The van der Waals surface area contributed by atoms with Crippen molar-refractivity contribution in [2.24, 2.45) is 5.73 Å². The Bertz CT molecular complexity index is 99.6. The molecule has 0 saturated carbocycles. The third kappa shape index (κ3) is 2.34. The van der Waals surface area contributed by atoms with E-state index >= 15 is 0 Å². The highest BCUT2D eigenvalue weighted by Crippen LogP contribution is 2.11. The standard InChI is InChI=1S/C6H12ClN/c1-5(4-7)6(2,3)8/h4H,8H2,1-3H3. The van der Waals surface area contributed by atoms with Crippen LogP contribution in [0.4, 0.5) is 0 Å². The van der Waals surface area contributed by atoms with Gasteiger partial charge in [0.15, 0.2) is 0 Å². The van der Waals surface area contributed by atoms with Crippen LogP contribution in [-0.4, -0.2) is 5.54 Å². The first-order chi connectivity index (χ1) is 3.48. The van der Waals surface area contributed by atoms with E-state index in [1.54, 1.807) is 0 Å². The molecule has 1 nitrogen and oxygen atoms in total. The lowest BCUT2D eigenvalue weighted by Crippen LogP contribution is -2.32. The quantitative estimate of drug-likeness (QED) is 0.581. The summed E-state index contributed by atoms with van der Waals surface area (Å²) in [4.78, 5) is 0. The predicted molar refractivity (Wildman–Crippen MR) is 37.9 cm³/mol. The molecule has 0 atom stereocenters. The largest absolute Gasteiger partial charge is 0.322 e. The summed E-state index contributed by atoms with van der Waals surface area (Å²) in [6, 6.07) is 0. The van der Waals surface area contributed by atoms with Crippen LogP contribution in [0, 0.1) is 0 Å². The molecule has 0 aliphatic carbocycles. The molecule has 0 bridgehead atoms. The molecule has 48 valence electrons. The molecular formula is C6H12ClN. The summed E-state index contributed by atoms with van der Waals surface area (Å²) in [6.07, 6.45) is 0. The summed E-state index contributed by atoms with van der Waals surface area (Å²) in [6.45, 7) is 5.75. The van der Waals surface area contributed by atoms with E-state index in [0.29, 0.717) is 0 Å². The Morgan fingerprint density at radius 3 is 2.00 bits per heavy atom. The first-order valence-electron chi connectivity index (χ1n) is 2.55. The van der Waals surface area contributed by atoms with Crippen molar-refractivity contribution in [3.05, 3.63) is 11.1 Å². The lowest BCUT2D eigenvalue weighted by Gasteiger charge is -2.17. The summed E-state index contributed by atoms with van der Waals surface area (Å²) in [5.41, 5.74) is 7.89. The minimum Gasteiger partial charge on any atom is -0.322 e. The SMILES string of the molecule is CC(=CCl)C(C)(C)N. The maximum atomic E-state index is 5.64. The third-order valence-electron chi connectivity index (χ3n) is 1.18. The van der Waals surface area contributed by atoms with Crippen LogP contribution < -0.4 is 5.73 Å². The van der Waals surface area contributed by atoms with Gasteiger partial charge in [-0.25, -0.2) is 0 Å². The molecule has 0 amide bonds. The number of halogens is 1. The molecule has 0 aromatic carbocycles. The minimum absolute atomic E-state index is 0.262. The van der Waals surface area contributed by atoms with E-state index in [4.69, 9.17) is 17.3 Å². The second-order valence-electron chi connectivity index (χ2n) is 2.51. The van der Waals surface area contributed by atoms with Crippen molar-refractivity contribution in [2.75, 3.05) is 0 Å². The van der Waals surface area contributed by atoms with Gasteiger partial charge in [-0.15, -0.1) is 0 Å². The van der Waals surface area contributed by atoms with Gasteiger partial charge in [0.25, 0.3) is 0 Å². The van der Waals surface area contributed by atoms with E-state index in [1.807, 2.05) is 20.8 Å². The monoisotopic (exact) mass is 133 g/mol. The molecule has 0 radical (unpaired) electrons. The molecule has 0 aliphatic rings. The molecule has 0 fully saturated rings. The molecule has 0 unspecified atom stereocenters. The molecule has 0 heterocycles. The Labute approximate surface area is 55.5 Å². The van der Waals surface area contributed by atoms with Crippen molar-refractivity contribution in [1.82, 2.24) is 0 Å². The summed E-state index contributed by atoms with van der Waals surface area (Å²) in [5, 5.41) is 0. The van der Waals surface area contributed by atoms with E-state index < -0.39 is 0 Å². The minimum atomic E-state index is -0.262. The fourth-order valence-electron chi connectivity index (χ4n) is 0.141. The van der Waals surface area contributed by atoms with Gasteiger partial charge in [0.05, 0.1) is 0 Å². The molecule has 0 spiro atoms. The first kappa shape index (κ1) is 7.99. The zero-order valence-corrected chi connectivity index (χ0v) is 6.29. The van der Waals surface area contributed by atoms with E-state index in [-0.39, 0.29) is 5.54 Å². The molecule has 0 rings (SSSR count). The Morgan fingerprint density at radius 1 is 1.62 bits per heavy atom. The van der Waals surface area contributed by atoms with Gasteiger partial charge in [-0.2, -0.15) is 0 Å². The van der Waals surface area contributed by atoms with Crippen LogP contribution >= 0.6 is 11.6 Å². The second-order valence-corrected chi connectivity index (χ2v) is 2.73. The summed E-state index contributed by atoms with van der Waals surface area (Å²) < 4.78 is 0. The van der Waals surface area contributed by atoms with Crippen LogP contribution in [0.2, 0.25) is 0 Å². The van der Waals surface area contributed by atoms with E-state index in [9.17, 15) is 0 Å². The van der Waals surface area contributed by atoms with Gasteiger partial charge >= 0.3 is 0 Å². The summed E-state index contributed by atoms with van der Waals surface area (Å²) in [7, 11) is 0. The smallest absolute Gasteiger partial charge is 0.0320 e. The van der Waals surface area contributed by atoms with Crippen molar-refractivity contribution in [3.8, 4) is 0 Å². The summed E-state index contributed by atoms with van der Waals surface area (Å²) >= 11 is 5.39. The average molecular weight is 134 g/mol. The van der Waals surface area contributed by atoms with E-state index in [2.05, 4.69) is 0 Å². The Balaban J connectivity index is 4.03. The molecule has 0 saturated heterocycles. The highest BCUT2D eigenvalue weighted by molar-refractivity contribution is 6.25. The summed E-state index contributed by atoms with van der Waals surface area (Å²) in [5.74, 6) is 0. The van der Waals surface area contributed by atoms with Crippen molar-refractivity contribution < 1.29 is 0 Å². The van der Waals surface area contributed by atoms with Gasteiger partial charge in [-0.3, -0.25) is 0 Å². The van der Waals surface area contributed by atoms with Crippen LogP contribution in [0.25, 0.3) is 0 Å². The van der Waals surface area contributed by atoms with Crippen LogP contribution in [-0.2, 0) is 0 Å². The molecule has 2 N–H and O–H groups in total. The van der Waals surface area contributed by atoms with Gasteiger partial charge in [-0.05, 0) is 26.3 Å². The fourth-order valence-corrected chi connectivity index (χ4v) is 0.422. The molecule has 0 aromatic heterocycles. The Morgan fingerprint density at radius 2 is 2.00 bits per heavy atom. The molecule has 8 heavy (non-hydrogen) atoms. The third-order valence-corrected chi connectivity index (χ3v) is 1.51. The highest BCUT2D eigenvalue weighted by Gasteiger charge is 2.11. The zero-order chi connectivity index (χ0) is 6.78. The predicted octanol–water partition coefficient (Wildman–Crippen LogP) is 1.87. The van der Waals surface area contributed by atoms with Gasteiger partial charge in [0, 0.05) is 11.1 Å². The van der Waals surface area contributed by atoms with Gasteiger partial charge in [0.2, 0.25) is 0 Å². The zero-order valence-electron chi connectivity index (χ0n) is 5.53. The fraction of sp³-hybridized carbons (Fsp3) is 0.667. The molecule has 0 aromatic rings. The normalized spacial score (nSPS) is 14.4. The van der Waals surface area contributed by atoms with Gasteiger partial charge < -0.3 is 5.73 Å². The van der Waals surface area contributed by atoms with Crippen molar-refractivity contribution >= 4 is 11.6 Å². The Kier molecular flexibility index (Phi) is 2.51. The van der Waals surface area contributed by atoms with E-state index in [0.717, 1.165) is 5.57 Å². The van der Waals surface area contributed by atoms with E-state index in [1.165, 1.54) is 5.54 Å². The Hall–Kier alpha value is -0.0100.